The van der Waals surface area contributed by atoms with Gasteiger partial charge >= 0.3 is 0 Å². The normalized spacial score (nSPS) is 10.9. The predicted octanol–water partition coefficient (Wildman–Crippen LogP) is 5.90. The molecule has 1 N–H and O–H groups in total. The number of nitrogens with one attached hydrogen (secondary N) is 1. The van der Waals surface area contributed by atoms with Crippen LogP contribution in [0.2, 0.25) is 5.02 Å². The van der Waals surface area contributed by atoms with E-state index in [0.29, 0.717) is 17.1 Å². The van der Waals surface area contributed by atoms with Gasteiger partial charge in [-0.05, 0) is 61.0 Å². The zero-order valence-corrected chi connectivity index (χ0v) is 16.7. The molecule has 0 atom stereocenters. The van der Waals surface area contributed by atoms with E-state index in [4.69, 9.17) is 16.7 Å². The minimum atomic E-state index is -0.311. The van der Waals surface area contributed by atoms with Crippen molar-refractivity contribution in [1.82, 2.24) is 14.8 Å². The Kier molecular flexibility index (Phi) is 5.58. The summed E-state index contributed by atoms with van der Waals surface area (Å²) >= 11 is 6.09. The first-order valence-corrected chi connectivity index (χ1v) is 9.80. The summed E-state index contributed by atoms with van der Waals surface area (Å²) in [5.41, 5.74) is 5.30. The maximum absolute atomic E-state index is 13.9. The summed E-state index contributed by atoms with van der Waals surface area (Å²) in [7, 11) is 0. The Bertz CT molecular complexity index is 1090. The van der Waals surface area contributed by atoms with Gasteiger partial charge in [0.15, 0.2) is 0 Å². The Morgan fingerprint density at radius 3 is 2.59 bits per heavy atom. The van der Waals surface area contributed by atoms with Gasteiger partial charge in [0.1, 0.15) is 5.82 Å². The summed E-state index contributed by atoms with van der Waals surface area (Å²) in [5, 5.41) is 8.39. The van der Waals surface area contributed by atoms with Gasteiger partial charge < -0.3 is 5.32 Å². The molecule has 4 rings (SSSR count). The van der Waals surface area contributed by atoms with Crippen LogP contribution in [0.3, 0.4) is 0 Å². The molecule has 2 aromatic heterocycles. The third kappa shape index (κ3) is 4.15. The van der Waals surface area contributed by atoms with Crippen molar-refractivity contribution in [2.24, 2.45) is 0 Å². The highest BCUT2D eigenvalue weighted by Crippen LogP contribution is 2.24. The van der Waals surface area contributed by atoms with Gasteiger partial charge in [-0.25, -0.2) is 9.07 Å². The smallest absolute Gasteiger partial charge is 0.129 e. The van der Waals surface area contributed by atoms with Crippen molar-refractivity contribution in [3.05, 3.63) is 95.2 Å². The third-order valence-corrected chi connectivity index (χ3v) is 5.10. The molecule has 4 aromatic rings. The maximum Gasteiger partial charge on any atom is 0.129 e. The fourth-order valence-electron chi connectivity index (χ4n) is 3.16. The summed E-state index contributed by atoms with van der Waals surface area (Å²) in [6.07, 6.45) is 4.42. The number of benzene rings is 2. The molecule has 0 aliphatic rings. The van der Waals surface area contributed by atoms with E-state index in [1.165, 1.54) is 6.07 Å². The number of hydrogen-bond donors (Lipinski definition) is 1. The average Bonchev–Trinajstić information content (AvgIpc) is 3.19. The van der Waals surface area contributed by atoms with Crippen LogP contribution in [-0.2, 0) is 13.0 Å². The Balaban J connectivity index is 1.54. The Labute approximate surface area is 174 Å². The van der Waals surface area contributed by atoms with Crippen LogP contribution in [0.5, 0.6) is 0 Å². The van der Waals surface area contributed by atoms with Gasteiger partial charge in [-0.3, -0.25) is 4.98 Å². The number of aromatic nitrogens is 3. The van der Waals surface area contributed by atoms with Crippen LogP contribution < -0.4 is 5.32 Å². The summed E-state index contributed by atoms with van der Waals surface area (Å²) in [6, 6.07) is 18.6. The molecule has 0 bridgehead atoms. The van der Waals surface area contributed by atoms with Crippen molar-refractivity contribution in [2.45, 2.75) is 19.9 Å². The third-order valence-electron chi connectivity index (χ3n) is 4.75. The molecule has 6 heteroatoms. The summed E-state index contributed by atoms with van der Waals surface area (Å²) in [5.74, 6) is -0.311. The first-order chi connectivity index (χ1) is 14.2. The first kappa shape index (κ1) is 19.2. The lowest BCUT2D eigenvalue weighted by atomic mass is 10.2. The lowest BCUT2D eigenvalue weighted by Crippen LogP contribution is -2.04. The van der Waals surface area contributed by atoms with Gasteiger partial charge in [-0.15, -0.1) is 0 Å². The molecule has 0 saturated heterocycles. The highest BCUT2D eigenvalue weighted by Gasteiger charge is 2.11. The summed E-state index contributed by atoms with van der Waals surface area (Å²) < 4.78 is 15.9. The van der Waals surface area contributed by atoms with E-state index < -0.39 is 0 Å². The van der Waals surface area contributed by atoms with Gasteiger partial charge in [-0.2, -0.15) is 5.10 Å². The molecule has 2 aromatic carbocycles. The Morgan fingerprint density at radius 2 is 1.90 bits per heavy atom. The Morgan fingerprint density at radius 1 is 1.07 bits per heavy atom. The zero-order valence-electron chi connectivity index (χ0n) is 15.9. The second-order valence-electron chi connectivity index (χ2n) is 6.63. The fourth-order valence-corrected chi connectivity index (χ4v) is 3.39. The predicted molar refractivity (Wildman–Crippen MR) is 115 cm³/mol. The Hall–Kier alpha value is -3.18. The molecular weight excluding hydrogens is 387 g/mol. The molecule has 0 aliphatic heterocycles. The van der Waals surface area contributed by atoms with Crippen molar-refractivity contribution in [3.8, 4) is 16.9 Å². The lowest BCUT2D eigenvalue weighted by molar-refractivity contribution is 0.613. The molecule has 0 fully saturated rings. The van der Waals surface area contributed by atoms with E-state index in [-0.39, 0.29) is 5.82 Å². The standard InChI is InChI=1S/C23H20ClFN4/c1-2-18-13-23(16-5-4-12-26-14-16)28-29(18)19-10-8-17(9-11-19)27-15-20-21(24)6-3-7-22(20)25/h3-14,27H,2,15H2,1H3. The van der Waals surface area contributed by atoms with Gasteiger partial charge in [-0.1, -0.05) is 24.6 Å². The van der Waals surface area contributed by atoms with E-state index in [9.17, 15) is 4.39 Å². The number of nitrogens with zero attached hydrogens (tertiary/aromatic N) is 3. The SMILES string of the molecule is CCc1cc(-c2cccnc2)nn1-c1ccc(NCc2c(F)cccc2Cl)cc1. The van der Waals surface area contributed by atoms with Crippen LogP contribution in [0, 0.1) is 5.82 Å². The van der Waals surface area contributed by atoms with Crippen molar-refractivity contribution in [2.75, 3.05) is 5.32 Å². The van der Waals surface area contributed by atoms with Crippen LogP contribution in [0.4, 0.5) is 10.1 Å². The van der Waals surface area contributed by atoms with Crippen molar-refractivity contribution >= 4 is 17.3 Å². The quantitative estimate of drug-likeness (QED) is 0.433. The zero-order chi connectivity index (χ0) is 20.2. The number of aryl methyl sites for hydroxylation is 1. The topological polar surface area (TPSA) is 42.7 Å². The van der Waals surface area contributed by atoms with Crippen LogP contribution in [0.1, 0.15) is 18.2 Å². The monoisotopic (exact) mass is 406 g/mol. The molecule has 0 radical (unpaired) electrons. The van der Waals surface area contributed by atoms with E-state index in [0.717, 1.165) is 34.7 Å². The second-order valence-corrected chi connectivity index (χ2v) is 7.04. The molecule has 4 nitrogen and oxygen atoms in total. The van der Waals surface area contributed by atoms with Gasteiger partial charge in [0, 0.05) is 46.5 Å². The number of rotatable bonds is 6. The molecule has 0 aliphatic carbocycles. The molecular formula is C23H20ClFN4. The number of halogens is 2. The number of anilines is 1. The minimum Gasteiger partial charge on any atom is -0.381 e. The molecule has 0 saturated carbocycles. The van der Waals surface area contributed by atoms with E-state index in [1.54, 1.807) is 18.3 Å². The van der Waals surface area contributed by atoms with E-state index in [2.05, 4.69) is 23.3 Å². The summed E-state index contributed by atoms with van der Waals surface area (Å²) in [4.78, 5) is 4.17. The second kappa shape index (κ2) is 8.45. The average molecular weight is 407 g/mol. The van der Waals surface area contributed by atoms with E-state index >= 15 is 0 Å². The first-order valence-electron chi connectivity index (χ1n) is 9.42. The minimum absolute atomic E-state index is 0.311. The lowest BCUT2D eigenvalue weighted by Gasteiger charge is -2.11. The fraction of sp³-hybridized carbons (Fsp3) is 0.130. The molecule has 2 heterocycles. The van der Waals surface area contributed by atoms with Crippen LogP contribution in [0.25, 0.3) is 16.9 Å². The highest BCUT2D eigenvalue weighted by molar-refractivity contribution is 6.31. The van der Waals surface area contributed by atoms with Gasteiger partial charge in [0.2, 0.25) is 0 Å². The van der Waals surface area contributed by atoms with E-state index in [1.807, 2.05) is 47.3 Å². The molecule has 0 unspecified atom stereocenters. The molecule has 0 amide bonds. The van der Waals surface area contributed by atoms with Crippen molar-refractivity contribution in [1.29, 1.82) is 0 Å². The van der Waals surface area contributed by atoms with Crippen molar-refractivity contribution in [3.63, 3.8) is 0 Å². The van der Waals surface area contributed by atoms with Crippen LogP contribution in [-0.4, -0.2) is 14.8 Å². The molecule has 0 spiro atoms. The maximum atomic E-state index is 13.9. The largest absolute Gasteiger partial charge is 0.381 e. The van der Waals surface area contributed by atoms with Crippen LogP contribution in [0.15, 0.2) is 73.1 Å². The van der Waals surface area contributed by atoms with Gasteiger partial charge in [0.25, 0.3) is 0 Å². The van der Waals surface area contributed by atoms with Crippen molar-refractivity contribution < 1.29 is 4.39 Å². The van der Waals surface area contributed by atoms with Gasteiger partial charge in [0.05, 0.1) is 11.4 Å². The molecule has 146 valence electrons. The summed E-state index contributed by atoms with van der Waals surface area (Å²) in [6.45, 7) is 2.42. The number of hydrogen-bond acceptors (Lipinski definition) is 3. The van der Waals surface area contributed by atoms with Crippen LogP contribution >= 0.6 is 11.6 Å². The molecule has 29 heavy (non-hydrogen) atoms. The number of pyridine rings is 1. The highest BCUT2D eigenvalue weighted by atomic mass is 35.5.